The highest BCUT2D eigenvalue weighted by molar-refractivity contribution is 5.65. The van der Waals surface area contributed by atoms with Crippen LogP contribution >= 0.6 is 0 Å². The number of ether oxygens (including phenoxy) is 2. The molecular formula is C13H15N2O2+. The molecule has 0 aliphatic carbocycles. The lowest BCUT2D eigenvalue weighted by Gasteiger charge is -2.08. The molecule has 2 rings (SSSR count). The zero-order chi connectivity index (χ0) is 12.3. The fraction of sp³-hybridized carbons (Fsp3) is 0.231. The molecule has 88 valence electrons. The third-order valence-electron chi connectivity index (χ3n) is 2.58. The number of nitrogens with zero attached hydrogens (tertiary/aromatic N) is 2. The second-order valence-electron chi connectivity index (χ2n) is 3.59. The van der Waals surface area contributed by atoms with Gasteiger partial charge in [-0.1, -0.05) is 0 Å². The van der Waals surface area contributed by atoms with E-state index in [0.717, 1.165) is 22.9 Å². The van der Waals surface area contributed by atoms with Gasteiger partial charge in [-0.15, -0.1) is 0 Å². The Morgan fingerprint density at radius 1 is 1.06 bits per heavy atom. The average Bonchev–Trinajstić information content (AvgIpc) is 2.38. The van der Waals surface area contributed by atoms with E-state index in [0.29, 0.717) is 0 Å². The van der Waals surface area contributed by atoms with Crippen LogP contribution in [0.25, 0.3) is 11.4 Å². The molecule has 4 nitrogen and oxygen atoms in total. The van der Waals surface area contributed by atoms with Crippen LogP contribution in [0.15, 0.2) is 36.7 Å². The minimum atomic E-state index is 0.729. The Morgan fingerprint density at radius 2 is 1.76 bits per heavy atom. The number of hydrogen-bond acceptors (Lipinski definition) is 3. The molecule has 0 unspecified atom stereocenters. The largest absolute Gasteiger partial charge is 0.494 e. The first kappa shape index (κ1) is 11.4. The Kier molecular flexibility index (Phi) is 3.23. The molecule has 0 amide bonds. The standard InChI is InChI=1S/C13H15N2O2/c1-15-9-5-7-11(17-3)13(15)12-10(16-2)6-4-8-14-12/h4-9H,1-3H3/q+1. The van der Waals surface area contributed by atoms with Crippen molar-refractivity contribution in [3.8, 4) is 22.9 Å². The lowest BCUT2D eigenvalue weighted by Crippen LogP contribution is -2.31. The van der Waals surface area contributed by atoms with Gasteiger partial charge >= 0.3 is 0 Å². The van der Waals surface area contributed by atoms with E-state index in [1.807, 2.05) is 42.1 Å². The number of aromatic nitrogens is 2. The molecule has 0 N–H and O–H groups in total. The molecule has 0 saturated heterocycles. The molecule has 0 spiro atoms. The Morgan fingerprint density at radius 3 is 2.47 bits per heavy atom. The minimum Gasteiger partial charge on any atom is -0.494 e. The maximum atomic E-state index is 5.36. The molecule has 0 fully saturated rings. The van der Waals surface area contributed by atoms with E-state index in [-0.39, 0.29) is 0 Å². The number of pyridine rings is 2. The van der Waals surface area contributed by atoms with Crippen LogP contribution < -0.4 is 14.0 Å². The summed E-state index contributed by atoms with van der Waals surface area (Å²) in [5.41, 5.74) is 1.67. The van der Waals surface area contributed by atoms with Crippen molar-refractivity contribution in [2.45, 2.75) is 0 Å². The monoisotopic (exact) mass is 231 g/mol. The molecule has 0 atom stereocenters. The van der Waals surface area contributed by atoms with Crippen LogP contribution in [-0.2, 0) is 7.05 Å². The third kappa shape index (κ3) is 2.06. The predicted octanol–water partition coefficient (Wildman–Crippen LogP) is 1.59. The van der Waals surface area contributed by atoms with E-state index in [1.165, 1.54) is 0 Å². The van der Waals surface area contributed by atoms with Gasteiger partial charge in [-0.3, -0.25) is 0 Å². The van der Waals surface area contributed by atoms with Gasteiger partial charge in [-0.2, -0.15) is 4.57 Å². The second kappa shape index (κ2) is 4.82. The van der Waals surface area contributed by atoms with Crippen LogP contribution in [0.3, 0.4) is 0 Å². The van der Waals surface area contributed by atoms with Crippen molar-refractivity contribution >= 4 is 0 Å². The molecule has 0 aliphatic heterocycles. The predicted molar refractivity (Wildman–Crippen MR) is 64.0 cm³/mol. The van der Waals surface area contributed by atoms with Crippen molar-refractivity contribution in [1.29, 1.82) is 0 Å². The van der Waals surface area contributed by atoms with Gasteiger partial charge in [0, 0.05) is 12.3 Å². The summed E-state index contributed by atoms with van der Waals surface area (Å²) in [7, 11) is 5.23. The van der Waals surface area contributed by atoms with E-state index >= 15 is 0 Å². The molecule has 0 bridgehead atoms. The Hall–Kier alpha value is -2.10. The summed E-state index contributed by atoms with van der Waals surface area (Å²) >= 11 is 0. The van der Waals surface area contributed by atoms with E-state index in [1.54, 1.807) is 20.4 Å². The van der Waals surface area contributed by atoms with Crippen molar-refractivity contribution < 1.29 is 14.0 Å². The van der Waals surface area contributed by atoms with Gasteiger partial charge in [0.15, 0.2) is 23.4 Å². The minimum absolute atomic E-state index is 0.729. The van der Waals surface area contributed by atoms with Crippen molar-refractivity contribution in [2.24, 2.45) is 7.05 Å². The summed E-state index contributed by atoms with van der Waals surface area (Å²) in [5.74, 6) is 1.50. The average molecular weight is 231 g/mol. The summed E-state index contributed by atoms with van der Waals surface area (Å²) < 4.78 is 12.6. The van der Waals surface area contributed by atoms with Gasteiger partial charge in [-0.05, 0) is 18.2 Å². The van der Waals surface area contributed by atoms with Crippen molar-refractivity contribution in [3.63, 3.8) is 0 Å². The first-order chi connectivity index (χ1) is 8.27. The Balaban J connectivity index is 2.67. The molecule has 0 radical (unpaired) electrons. The highest BCUT2D eigenvalue weighted by Gasteiger charge is 2.21. The van der Waals surface area contributed by atoms with Gasteiger partial charge in [0.25, 0.3) is 5.69 Å². The molecule has 2 aromatic heterocycles. The molecule has 0 aliphatic rings. The molecule has 2 heterocycles. The first-order valence-corrected chi connectivity index (χ1v) is 5.30. The maximum absolute atomic E-state index is 5.36. The summed E-state index contributed by atoms with van der Waals surface area (Å²) in [4.78, 5) is 4.36. The van der Waals surface area contributed by atoms with Crippen LogP contribution in [0, 0.1) is 0 Å². The smallest absolute Gasteiger partial charge is 0.277 e. The molecule has 2 aromatic rings. The first-order valence-electron chi connectivity index (χ1n) is 5.30. The fourth-order valence-corrected chi connectivity index (χ4v) is 1.77. The summed E-state index contributed by atoms with van der Waals surface area (Å²) in [6.07, 6.45) is 3.69. The topological polar surface area (TPSA) is 35.2 Å². The Bertz CT molecular complexity index is 527. The third-order valence-corrected chi connectivity index (χ3v) is 2.58. The van der Waals surface area contributed by atoms with Gasteiger partial charge in [0.2, 0.25) is 0 Å². The van der Waals surface area contributed by atoms with E-state index in [9.17, 15) is 0 Å². The number of methoxy groups -OCH3 is 2. The van der Waals surface area contributed by atoms with Crippen LogP contribution in [0.1, 0.15) is 0 Å². The molecule has 17 heavy (non-hydrogen) atoms. The fourth-order valence-electron chi connectivity index (χ4n) is 1.77. The van der Waals surface area contributed by atoms with E-state index in [4.69, 9.17) is 9.47 Å². The highest BCUT2D eigenvalue weighted by atomic mass is 16.5. The van der Waals surface area contributed by atoms with Gasteiger partial charge in [0.1, 0.15) is 7.05 Å². The van der Waals surface area contributed by atoms with Crippen LogP contribution in [-0.4, -0.2) is 19.2 Å². The molecule has 4 heteroatoms. The summed E-state index contributed by atoms with van der Waals surface area (Å²) in [6.45, 7) is 0. The number of aryl methyl sites for hydroxylation is 1. The zero-order valence-electron chi connectivity index (χ0n) is 10.2. The van der Waals surface area contributed by atoms with Crippen LogP contribution in [0.4, 0.5) is 0 Å². The lowest BCUT2D eigenvalue weighted by molar-refractivity contribution is -0.660. The normalized spacial score (nSPS) is 10.1. The number of rotatable bonds is 3. The van der Waals surface area contributed by atoms with Gasteiger partial charge in [-0.25, -0.2) is 4.98 Å². The van der Waals surface area contributed by atoms with Crippen molar-refractivity contribution in [1.82, 2.24) is 4.98 Å². The molecule has 0 aromatic carbocycles. The zero-order valence-corrected chi connectivity index (χ0v) is 10.2. The SMILES string of the molecule is COc1cccnc1-c1c(OC)ccc[n+]1C. The lowest BCUT2D eigenvalue weighted by atomic mass is 10.2. The van der Waals surface area contributed by atoms with Crippen LogP contribution in [0.5, 0.6) is 11.5 Å². The quantitative estimate of drug-likeness (QED) is 0.752. The van der Waals surface area contributed by atoms with Crippen molar-refractivity contribution in [3.05, 3.63) is 36.7 Å². The molecular weight excluding hydrogens is 216 g/mol. The van der Waals surface area contributed by atoms with E-state index in [2.05, 4.69) is 4.98 Å². The second-order valence-corrected chi connectivity index (χ2v) is 3.59. The Labute approximate surface area is 100 Å². The summed E-state index contributed by atoms with van der Waals surface area (Å²) in [5, 5.41) is 0. The van der Waals surface area contributed by atoms with Gasteiger partial charge in [0.05, 0.1) is 14.2 Å². The molecule has 0 saturated carbocycles. The van der Waals surface area contributed by atoms with E-state index < -0.39 is 0 Å². The number of hydrogen-bond donors (Lipinski definition) is 0. The summed E-state index contributed by atoms with van der Waals surface area (Å²) in [6, 6.07) is 7.56. The van der Waals surface area contributed by atoms with Gasteiger partial charge < -0.3 is 9.47 Å². The highest BCUT2D eigenvalue weighted by Crippen LogP contribution is 2.30. The maximum Gasteiger partial charge on any atom is 0.277 e. The van der Waals surface area contributed by atoms with Crippen molar-refractivity contribution in [2.75, 3.05) is 14.2 Å². The van der Waals surface area contributed by atoms with Crippen LogP contribution in [0.2, 0.25) is 0 Å².